The Bertz CT molecular complexity index is 3180. The van der Waals surface area contributed by atoms with Crippen LogP contribution in [0.25, 0.3) is 109 Å². The summed E-state index contributed by atoms with van der Waals surface area (Å²) in [7, 11) is 0. The molecule has 0 unspecified atom stereocenters. The molecule has 0 aliphatic carbocycles. The Morgan fingerprint density at radius 2 is 0.945 bits per heavy atom. The van der Waals surface area contributed by atoms with E-state index in [0.29, 0.717) is 5.82 Å². The summed E-state index contributed by atoms with van der Waals surface area (Å²) in [5.74, 6) is 0.695. The van der Waals surface area contributed by atoms with Gasteiger partial charge in [-0.15, -0.1) is 11.3 Å². The zero-order chi connectivity index (χ0) is 36.3. The predicted molar refractivity (Wildman–Crippen MR) is 232 cm³/mol. The number of para-hydroxylation sites is 1. The molecule has 256 valence electrons. The lowest BCUT2D eigenvalue weighted by molar-refractivity contribution is 1.18. The number of hydrogen-bond donors (Lipinski definition) is 0. The molecule has 0 amide bonds. The first kappa shape index (κ1) is 31.5. The van der Waals surface area contributed by atoms with Crippen molar-refractivity contribution in [2.45, 2.75) is 0 Å². The molecule has 0 radical (unpaired) electrons. The van der Waals surface area contributed by atoms with Crippen molar-refractivity contribution in [1.29, 1.82) is 0 Å². The lowest BCUT2D eigenvalue weighted by atomic mass is 9.92. The minimum absolute atomic E-state index is 0.695. The lowest BCUT2D eigenvalue weighted by Crippen LogP contribution is -1.96. The number of hydrogen-bond acceptors (Lipinski definition) is 4. The van der Waals surface area contributed by atoms with Gasteiger partial charge in [-0.2, -0.15) is 0 Å². The van der Waals surface area contributed by atoms with Crippen molar-refractivity contribution in [2.24, 2.45) is 0 Å². The number of fused-ring (bicyclic) bond motifs is 8. The zero-order valence-electron chi connectivity index (χ0n) is 29.6. The number of rotatable bonds is 5. The van der Waals surface area contributed by atoms with E-state index in [0.717, 1.165) is 61.4 Å². The molecule has 3 heterocycles. The third-order valence-corrected chi connectivity index (χ3v) is 11.9. The van der Waals surface area contributed by atoms with Gasteiger partial charge in [0.05, 0.1) is 22.6 Å². The van der Waals surface area contributed by atoms with Crippen molar-refractivity contribution in [3.8, 4) is 56.3 Å². The smallest absolute Gasteiger partial charge is 0.160 e. The molecule has 0 saturated carbocycles. The summed E-state index contributed by atoms with van der Waals surface area (Å²) >= 11 is 1.86. The SMILES string of the molecule is c1ccc(-c2cc(-c3ccccc3)nc(-c3ccc(-c4cccc5c4nc(-c4cc6ccccc6c6ccccc46)c4c6ccccc6sc54)cc3)n2)cc1. The maximum Gasteiger partial charge on any atom is 0.160 e. The van der Waals surface area contributed by atoms with E-state index in [1.165, 1.54) is 41.7 Å². The highest BCUT2D eigenvalue weighted by molar-refractivity contribution is 7.26. The van der Waals surface area contributed by atoms with Crippen LogP contribution in [0.2, 0.25) is 0 Å². The normalized spacial score (nSPS) is 11.6. The summed E-state index contributed by atoms with van der Waals surface area (Å²) in [6.45, 7) is 0. The average molecular weight is 718 g/mol. The van der Waals surface area contributed by atoms with E-state index in [1.54, 1.807) is 0 Å². The van der Waals surface area contributed by atoms with Crippen molar-refractivity contribution in [3.63, 3.8) is 0 Å². The number of nitrogens with zero attached hydrogens (tertiary/aromatic N) is 3. The molecule has 0 bridgehead atoms. The fourth-order valence-corrected chi connectivity index (χ4v) is 9.28. The second kappa shape index (κ2) is 12.8. The van der Waals surface area contributed by atoms with E-state index < -0.39 is 0 Å². The molecule has 3 aromatic heterocycles. The highest BCUT2D eigenvalue weighted by Crippen LogP contribution is 2.46. The van der Waals surface area contributed by atoms with Gasteiger partial charge in [0.1, 0.15) is 0 Å². The van der Waals surface area contributed by atoms with Crippen LogP contribution in [-0.4, -0.2) is 15.0 Å². The Morgan fingerprint density at radius 3 is 1.67 bits per heavy atom. The molecule has 0 aliphatic heterocycles. The highest BCUT2D eigenvalue weighted by Gasteiger charge is 2.21. The number of pyridine rings is 1. The quantitative estimate of drug-likeness (QED) is 0.166. The zero-order valence-corrected chi connectivity index (χ0v) is 30.5. The average Bonchev–Trinajstić information content (AvgIpc) is 3.66. The summed E-state index contributed by atoms with van der Waals surface area (Å²) in [5, 5.41) is 8.53. The first-order valence-electron chi connectivity index (χ1n) is 18.5. The summed E-state index contributed by atoms with van der Waals surface area (Å²) in [6, 6.07) is 66.5. The third-order valence-electron chi connectivity index (χ3n) is 10.7. The van der Waals surface area contributed by atoms with Crippen molar-refractivity contribution in [2.75, 3.05) is 0 Å². The van der Waals surface area contributed by atoms with Crippen molar-refractivity contribution in [1.82, 2.24) is 15.0 Å². The molecular formula is C51H31N3S. The third kappa shape index (κ3) is 5.30. The topological polar surface area (TPSA) is 38.7 Å². The van der Waals surface area contributed by atoms with Crippen LogP contribution in [0.4, 0.5) is 0 Å². The van der Waals surface area contributed by atoms with Crippen LogP contribution in [0.1, 0.15) is 0 Å². The Hall–Kier alpha value is -7.01. The minimum Gasteiger partial charge on any atom is -0.246 e. The molecule has 0 saturated heterocycles. The van der Waals surface area contributed by atoms with E-state index in [2.05, 4.69) is 152 Å². The van der Waals surface area contributed by atoms with Crippen molar-refractivity contribution >= 4 is 64.0 Å². The Morgan fingerprint density at radius 1 is 0.364 bits per heavy atom. The molecule has 0 aliphatic rings. The van der Waals surface area contributed by atoms with Gasteiger partial charge in [0.2, 0.25) is 0 Å². The second-order valence-corrected chi connectivity index (χ2v) is 15.0. The van der Waals surface area contributed by atoms with Gasteiger partial charge in [-0.3, -0.25) is 0 Å². The van der Waals surface area contributed by atoms with Gasteiger partial charge in [-0.05, 0) is 45.3 Å². The molecule has 0 N–H and O–H groups in total. The van der Waals surface area contributed by atoms with E-state index in [4.69, 9.17) is 15.0 Å². The van der Waals surface area contributed by atoms with Crippen LogP contribution >= 0.6 is 11.3 Å². The Labute approximate surface area is 321 Å². The lowest BCUT2D eigenvalue weighted by Gasteiger charge is -2.15. The van der Waals surface area contributed by atoms with Gasteiger partial charge in [0, 0.05) is 53.4 Å². The van der Waals surface area contributed by atoms with E-state index in [9.17, 15) is 0 Å². The van der Waals surface area contributed by atoms with Crippen LogP contribution in [-0.2, 0) is 0 Å². The fourth-order valence-electron chi connectivity index (χ4n) is 8.05. The Kier molecular flexibility index (Phi) is 7.35. The minimum atomic E-state index is 0.695. The van der Waals surface area contributed by atoms with Crippen LogP contribution in [0, 0.1) is 0 Å². The summed E-state index contributed by atoms with van der Waals surface area (Å²) in [5.41, 5.74) is 10.2. The standard InChI is InChI=1S/C51H31N3S/c1-3-14-33(15-4-1)44-31-45(34-16-5-2-6-17-34)53-51(52-44)35-28-26-32(27-29-35)38-23-13-24-42-48(38)54-49(47-41-22-11-12-25-46(41)55-50(42)47)43-30-36-18-7-8-19-37(36)39-20-9-10-21-40(39)43/h1-31H. The van der Waals surface area contributed by atoms with Gasteiger partial charge < -0.3 is 0 Å². The maximum atomic E-state index is 5.68. The number of thiophene rings is 1. The van der Waals surface area contributed by atoms with Crippen molar-refractivity contribution < 1.29 is 0 Å². The van der Waals surface area contributed by atoms with Gasteiger partial charge >= 0.3 is 0 Å². The van der Waals surface area contributed by atoms with E-state index in [1.807, 2.05) is 47.7 Å². The van der Waals surface area contributed by atoms with Gasteiger partial charge in [-0.1, -0.05) is 170 Å². The van der Waals surface area contributed by atoms with Crippen LogP contribution in [0.5, 0.6) is 0 Å². The molecule has 0 spiro atoms. The fraction of sp³-hybridized carbons (Fsp3) is 0. The molecule has 11 aromatic rings. The maximum absolute atomic E-state index is 5.68. The molecular weight excluding hydrogens is 687 g/mol. The van der Waals surface area contributed by atoms with Crippen LogP contribution in [0.3, 0.4) is 0 Å². The predicted octanol–water partition coefficient (Wildman–Crippen LogP) is 14.0. The monoisotopic (exact) mass is 717 g/mol. The van der Waals surface area contributed by atoms with E-state index >= 15 is 0 Å². The van der Waals surface area contributed by atoms with Gasteiger partial charge in [-0.25, -0.2) is 15.0 Å². The van der Waals surface area contributed by atoms with Gasteiger partial charge in [0.15, 0.2) is 5.82 Å². The summed E-state index contributed by atoms with van der Waals surface area (Å²) in [4.78, 5) is 15.8. The second-order valence-electron chi connectivity index (χ2n) is 13.9. The first-order valence-corrected chi connectivity index (χ1v) is 19.3. The van der Waals surface area contributed by atoms with Crippen molar-refractivity contribution in [3.05, 3.63) is 188 Å². The summed E-state index contributed by atoms with van der Waals surface area (Å²) < 4.78 is 2.52. The molecule has 55 heavy (non-hydrogen) atoms. The summed E-state index contributed by atoms with van der Waals surface area (Å²) in [6.07, 6.45) is 0. The molecule has 0 atom stereocenters. The molecule has 0 fully saturated rings. The number of benzene rings is 8. The molecule has 3 nitrogen and oxygen atoms in total. The molecule has 8 aromatic carbocycles. The van der Waals surface area contributed by atoms with E-state index in [-0.39, 0.29) is 0 Å². The largest absolute Gasteiger partial charge is 0.246 e. The highest BCUT2D eigenvalue weighted by atomic mass is 32.1. The first-order chi connectivity index (χ1) is 27.3. The van der Waals surface area contributed by atoms with Crippen LogP contribution in [0.15, 0.2) is 188 Å². The molecule has 4 heteroatoms. The number of aromatic nitrogens is 3. The van der Waals surface area contributed by atoms with Gasteiger partial charge in [0.25, 0.3) is 0 Å². The Balaban J connectivity index is 1.11. The molecule has 11 rings (SSSR count). The van der Waals surface area contributed by atoms with Crippen LogP contribution < -0.4 is 0 Å².